The van der Waals surface area contributed by atoms with Crippen molar-refractivity contribution in [2.45, 2.75) is 39.5 Å². The molecule has 0 N–H and O–H groups in total. The first-order valence-corrected chi connectivity index (χ1v) is 5.41. The van der Waals surface area contributed by atoms with Gasteiger partial charge in [-0.25, -0.2) is 4.79 Å². The first kappa shape index (κ1) is 11.3. The van der Waals surface area contributed by atoms with Crippen molar-refractivity contribution in [3.8, 4) is 0 Å². The average Bonchev–Trinajstić information content (AvgIpc) is 2.18. The van der Waals surface area contributed by atoms with Gasteiger partial charge in [0, 0.05) is 6.08 Å². The zero-order valence-electron chi connectivity index (χ0n) is 9.38. The standard InChI is InChI=1S/C12H20O2/c1-9(2)11-6-4-10(5-7-11)8-12(13)14-3/h8-9,11H,4-7H2,1-3H3. The molecule has 1 rings (SSSR count). The largest absolute Gasteiger partial charge is 0.466 e. The Morgan fingerprint density at radius 1 is 1.43 bits per heavy atom. The number of esters is 1. The molecule has 1 aliphatic carbocycles. The van der Waals surface area contributed by atoms with Crippen LogP contribution in [0, 0.1) is 11.8 Å². The summed E-state index contributed by atoms with van der Waals surface area (Å²) in [6, 6.07) is 0. The van der Waals surface area contributed by atoms with Gasteiger partial charge in [0.05, 0.1) is 7.11 Å². The molecule has 1 fully saturated rings. The van der Waals surface area contributed by atoms with E-state index in [1.165, 1.54) is 25.5 Å². The van der Waals surface area contributed by atoms with E-state index in [-0.39, 0.29) is 5.97 Å². The topological polar surface area (TPSA) is 26.3 Å². The minimum Gasteiger partial charge on any atom is -0.466 e. The monoisotopic (exact) mass is 196 g/mol. The second kappa shape index (κ2) is 5.18. The van der Waals surface area contributed by atoms with Crippen LogP contribution in [0.4, 0.5) is 0 Å². The highest BCUT2D eigenvalue weighted by Crippen LogP contribution is 2.32. The third-order valence-corrected chi connectivity index (χ3v) is 3.14. The van der Waals surface area contributed by atoms with E-state index in [2.05, 4.69) is 18.6 Å². The Morgan fingerprint density at radius 2 is 2.00 bits per heavy atom. The van der Waals surface area contributed by atoms with Crippen molar-refractivity contribution in [2.24, 2.45) is 11.8 Å². The van der Waals surface area contributed by atoms with Crippen molar-refractivity contribution < 1.29 is 9.53 Å². The summed E-state index contributed by atoms with van der Waals surface area (Å²) in [5.74, 6) is 1.41. The number of hydrogen-bond donors (Lipinski definition) is 0. The van der Waals surface area contributed by atoms with Gasteiger partial charge >= 0.3 is 5.97 Å². The van der Waals surface area contributed by atoms with Gasteiger partial charge in [0.1, 0.15) is 0 Å². The lowest BCUT2D eigenvalue weighted by Crippen LogP contribution is -2.14. The van der Waals surface area contributed by atoms with Gasteiger partial charge in [-0.15, -0.1) is 0 Å². The first-order chi connectivity index (χ1) is 6.63. The predicted molar refractivity (Wildman–Crippen MR) is 56.9 cm³/mol. The molecule has 1 aliphatic rings. The van der Waals surface area contributed by atoms with Crippen LogP contribution in [0.1, 0.15) is 39.5 Å². The summed E-state index contributed by atoms with van der Waals surface area (Å²) < 4.78 is 4.61. The SMILES string of the molecule is COC(=O)C=C1CCC(C(C)C)CC1. The highest BCUT2D eigenvalue weighted by Gasteiger charge is 2.19. The maximum Gasteiger partial charge on any atom is 0.330 e. The molecule has 0 heterocycles. The molecule has 0 unspecified atom stereocenters. The number of rotatable bonds is 2. The first-order valence-electron chi connectivity index (χ1n) is 5.41. The smallest absolute Gasteiger partial charge is 0.330 e. The molecular weight excluding hydrogens is 176 g/mol. The molecule has 0 bridgehead atoms. The van der Waals surface area contributed by atoms with E-state index in [1.54, 1.807) is 6.08 Å². The van der Waals surface area contributed by atoms with E-state index in [9.17, 15) is 4.79 Å². The summed E-state index contributed by atoms with van der Waals surface area (Å²) in [6.45, 7) is 4.55. The Hall–Kier alpha value is -0.790. The highest BCUT2D eigenvalue weighted by atomic mass is 16.5. The van der Waals surface area contributed by atoms with Crippen LogP contribution in [0.5, 0.6) is 0 Å². The predicted octanol–water partition coefficient (Wildman–Crippen LogP) is 2.93. The van der Waals surface area contributed by atoms with E-state index in [0.717, 1.165) is 24.7 Å². The number of carbonyl (C=O) groups excluding carboxylic acids is 1. The summed E-state index contributed by atoms with van der Waals surface area (Å²) in [4.78, 5) is 11.0. The maximum absolute atomic E-state index is 11.0. The third kappa shape index (κ3) is 3.17. The second-order valence-electron chi connectivity index (χ2n) is 4.41. The molecule has 14 heavy (non-hydrogen) atoms. The van der Waals surface area contributed by atoms with E-state index >= 15 is 0 Å². The molecule has 1 saturated carbocycles. The Labute approximate surface area is 86.3 Å². The van der Waals surface area contributed by atoms with Crippen LogP contribution >= 0.6 is 0 Å². The van der Waals surface area contributed by atoms with Crippen molar-refractivity contribution in [3.05, 3.63) is 11.6 Å². The zero-order valence-corrected chi connectivity index (χ0v) is 9.38. The van der Waals surface area contributed by atoms with Crippen molar-refractivity contribution >= 4 is 5.97 Å². The molecule has 80 valence electrons. The molecule has 0 saturated heterocycles. The molecule has 0 atom stereocenters. The van der Waals surface area contributed by atoms with E-state index in [1.807, 2.05) is 0 Å². The second-order valence-corrected chi connectivity index (χ2v) is 4.41. The number of hydrogen-bond acceptors (Lipinski definition) is 2. The lowest BCUT2D eigenvalue weighted by molar-refractivity contribution is -0.134. The van der Waals surface area contributed by atoms with Crippen molar-refractivity contribution in [1.82, 2.24) is 0 Å². The van der Waals surface area contributed by atoms with Crippen LogP contribution in [-0.4, -0.2) is 13.1 Å². The van der Waals surface area contributed by atoms with Crippen LogP contribution in [-0.2, 0) is 9.53 Å². The number of carbonyl (C=O) groups is 1. The quantitative estimate of drug-likeness (QED) is 0.501. The summed E-state index contributed by atoms with van der Waals surface area (Å²) in [5.41, 5.74) is 1.26. The lowest BCUT2D eigenvalue weighted by atomic mass is 9.79. The Bertz CT molecular complexity index is 218. The van der Waals surface area contributed by atoms with Crippen molar-refractivity contribution in [2.75, 3.05) is 7.11 Å². The van der Waals surface area contributed by atoms with Gasteiger partial charge < -0.3 is 4.74 Å². The van der Waals surface area contributed by atoms with E-state index in [0.29, 0.717) is 0 Å². The molecule has 2 heteroatoms. The van der Waals surface area contributed by atoms with Crippen molar-refractivity contribution in [3.63, 3.8) is 0 Å². The molecule has 0 aromatic rings. The Kier molecular flexibility index (Phi) is 4.18. The van der Waals surface area contributed by atoms with Crippen LogP contribution in [0.2, 0.25) is 0 Å². The van der Waals surface area contributed by atoms with Gasteiger partial charge in [0.15, 0.2) is 0 Å². The van der Waals surface area contributed by atoms with Gasteiger partial charge in [0.25, 0.3) is 0 Å². The van der Waals surface area contributed by atoms with Crippen LogP contribution in [0.3, 0.4) is 0 Å². The minimum atomic E-state index is -0.206. The van der Waals surface area contributed by atoms with E-state index < -0.39 is 0 Å². The van der Waals surface area contributed by atoms with Gasteiger partial charge in [-0.3, -0.25) is 0 Å². The summed E-state index contributed by atoms with van der Waals surface area (Å²) >= 11 is 0. The number of ether oxygens (including phenoxy) is 1. The highest BCUT2D eigenvalue weighted by molar-refractivity contribution is 5.82. The van der Waals surface area contributed by atoms with Crippen LogP contribution in [0.15, 0.2) is 11.6 Å². The molecular formula is C12H20O2. The molecule has 2 nitrogen and oxygen atoms in total. The normalized spacial score (nSPS) is 22.3. The van der Waals surface area contributed by atoms with E-state index in [4.69, 9.17) is 0 Å². The molecule has 0 aromatic carbocycles. The van der Waals surface area contributed by atoms with Crippen molar-refractivity contribution in [1.29, 1.82) is 0 Å². The fraction of sp³-hybridized carbons (Fsp3) is 0.750. The zero-order chi connectivity index (χ0) is 10.6. The summed E-state index contributed by atoms with van der Waals surface area (Å²) in [5, 5.41) is 0. The molecule has 0 aliphatic heterocycles. The maximum atomic E-state index is 11.0. The van der Waals surface area contributed by atoms with Gasteiger partial charge in [-0.1, -0.05) is 19.4 Å². The molecule has 0 spiro atoms. The number of allylic oxidation sites excluding steroid dienone is 1. The summed E-state index contributed by atoms with van der Waals surface area (Å²) in [7, 11) is 1.43. The minimum absolute atomic E-state index is 0.206. The van der Waals surface area contributed by atoms with Gasteiger partial charge in [-0.2, -0.15) is 0 Å². The molecule has 0 radical (unpaired) electrons. The summed E-state index contributed by atoms with van der Waals surface area (Å²) in [6.07, 6.45) is 6.24. The third-order valence-electron chi connectivity index (χ3n) is 3.14. The molecule has 0 amide bonds. The fourth-order valence-electron chi connectivity index (χ4n) is 2.05. The van der Waals surface area contributed by atoms with Crippen LogP contribution < -0.4 is 0 Å². The fourth-order valence-corrected chi connectivity index (χ4v) is 2.05. The Morgan fingerprint density at radius 3 is 2.43 bits per heavy atom. The number of methoxy groups -OCH3 is 1. The lowest BCUT2D eigenvalue weighted by Gasteiger charge is -2.26. The van der Waals surface area contributed by atoms with Crippen LogP contribution in [0.25, 0.3) is 0 Å². The van der Waals surface area contributed by atoms with Gasteiger partial charge in [-0.05, 0) is 37.5 Å². The molecule has 0 aromatic heterocycles. The average molecular weight is 196 g/mol. The Balaban J connectivity index is 2.43. The van der Waals surface area contributed by atoms with Gasteiger partial charge in [0.2, 0.25) is 0 Å².